The maximum absolute atomic E-state index is 4.12. The summed E-state index contributed by atoms with van der Waals surface area (Å²) in [7, 11) is 0. The van der Waals surface area contributed by atoms with Gasteiger partial charge in [0.2, 0.25) is 0 Å². The Morgan fingerprint density at radius 1 is 1.25 bits per heavy atom. The fourth-order valence-corrected chi connectivity index (χ4v) is 0.758. The Bertz CT molecular complexity index is 89.0. The first-order chi connectivity index (χ1) is 4.00. The second-order valence-corrected chi connectivity index (χ2v) is 1.98. The molecule has 44 valence electrons. The van der Waals surface area contributed by atoms with Gasteiger partial charge in [-0.3, -0.25) is 4.99 Å². The topological polar surface area (TPSA) is 12.4 Å². The van der Waals surface area contributed by atoms with Crippen molar-refractivity contribution in [2.24, 2.45) is 4.99 Å². The first-order valence-electron chi connectivity index (χ1n) is 3.15. The third kappa shape index (κ3) is 1.92. The number of rotatable bonds is 0. The average molecular weight is 109 g/mol. The van der Waals surface area contributed by atoms with Crippen LogP contribution < -0.4 is 0 Å². The molecule has 8 heavy (non-hydrogen) atoms. The molecule has 0 N–H and O–H groups in total. The van der Waals surface area contributed by atoms with Crippen LogP contribution in [0, 0.1) is 0 Å². The van der Waals surface area contributed by atoms with Crippen LogP contribution in [0.1, 0.15) is 19.3 Å². The van der Waals surface area contributed by atoms with E-state index in [1.165, 1.54) is 19.3 Å². The van der Waals surface area contributed by atoms with E-state index in [2.05, 4.69) is 11.1 Å². The normalized spacial score (nSPS) is 28.0. The van der Waals surface area contributed by atoms with Gasteiger partial charge in [0.05, 0.1) is 0 Å². The number of allylic oxidation sites excluding steroid dienone is 2. The Kier molecular flexibility index (Phi) is 2.37. The lowest BCUT2D eigenvalue weighted by molar-refractivity contribution is 0.757. The molecule has 0 fully saturated rings. The second kappa shape index (κ2) is 3.42. The van der Waals surface area contributed by atoms with Crippen molar-refractivity contribution in [2.45, 2.75) is 19.3 Å². The highest BCUT2D eigenvalue weighted by molar-refractivity contribution is 5.70. The Balaban J connectivity index is 2.33. The minimum Gasteiger partial charge on any atom is -0.293 e. The third-order valence-corrected chi connectivity index (χ3v) is 1.24. The molecule has 0 aromatic heterocycles. The lowest BCUT2D eigenvalue weighted by Crippen LogP contribution is -1.83. The van der Waals surface area contributed by atoms with Gasteiger partial charge >= 0.3 is 0 Å². The first kappa shape index (κ1) is 5.54. The van der Waals surface area contributed by atoms with Crippen molar-refractivity contribution in [1.82, 2.24) is 0 Å². The fourth-order valence-electron chi connectivity index (χ4n) is 0.758. The summed E-state index contributed by atoms with van der Waals surface area (Å²) in [4.78, 5) is 4.12. The molecule has 0 atom stereocenters. The number of hydrogen-bond acceptors (Lipinski definition) is 1. The van der Waals surface area contributed by atoms with E-state index >= 15 is 0 Å². The lowest BCUT2D eigenvalue weighted by Gasteiger charge is -1.94. The summed E-state index contributed by atoms with van der Waals surface area (Å²) in [5, 5.41) is 0. The summed E-state index contributed by atoms with van der Waals surface area (Å²) in [6.07, 6.45) is 9.86. The molecule has 0 saturated heterocycles. The molecule has 0 aliphatic carbocycles. The molecule has 0 spiro atoms. The van der Waals surface area contributed by atoms with Crippen LogP contribution in [-0.4, -0.2) is 12.8 Å². The molecule has 0 aromatic carbocycles. The average Bonchev–Trinajstić information content (AvgIpc) is 1.62. The van der Waals surface area contributed by atoms with Crippen molar-refractivity contribution in [1.29, 1.82) is 0 Å². The van der Waals surface area contributed by atoms with E-state index in [0.717, 1.165) is 6.54 Å². The summed E-state index contributed by atoms with van der Waals surface area (Å²) in [5.74, 6) is 0. The minimum absolute atomic E-state index is 1.02. The molecule has 0 radical (unpaired) electrons. The van der Waals surface area contributed by atoms with E-state index in [0.29, 0.717) is 0 Å². The maximum atomic E-state index is 4.12. The quantitative estimate of drug-likeness (QED) is 0.449. The van der Waals surface area contributed by atoms with Gasteiger partial charge in [-0.2, -0.15) is 0 Å². The molecule has 0 aromatic rings. The van der Waals surface area contributed by atoms with Gasteiger partial charge in [0.1, 0.15) is 0 Å². The zero-order valence-electron chi connectivity index (χ0n) is 5.01. The third-order valence-electron chi connectivity index (χ3n) is 1.24. The summed E-state index contributed by atoms with van der Waals surface area (Å²) >= 11 is 0. The van der Waals surface area contributed by atoms with Gasteiger partial charge in [-0.25, -0.2) is 0 Å². The van der Waals surface area contributed by atoms with Crippen molar-refractivity contribution in [3.8, 4) is 0 Å². The van der Waals surface area contributed by atoms with Crippen molar-refractivity contribution in [3.05, 3.63) is 12.2 Å². The van der Waals surface area contributed by atoms with Crippen LogP contribution in [0.25, 0.3) is 0 Å². The molecule has 0 amide bonds. The van der Waals surface area contributed by atoms with Gasteiger partial charge < -0.3 is 0 Å². The fraction of sp³-hybridized carbons (Fsp3) is 0.571. The number of hydrogen-bond donors (Lipinski definition) is 0. The van der Waals surface area contributed by atoms with Crippen molar-refractivity contribution >= 4 is 6.21 Å². The Labute approximate surface area is 50.1 Å². The van der Waals surface area contributed by atoms with Crippen molar-refractivity contribution < 1.29 is 0 Å². The van der Waals surface area contributed by atoms with Gasteiger partial charge in [-0.15, -0.1) is 0 Å². The van der Waals surface area contributed by atoms with E-state index in [1.807, 2.05) is 12.3 Å². The van der Waals surface area contributed by atoms with Crippen LogP contribution in [0.3, 0.4) is 0 Å². The Hall–Kier alpha value is -0.590. The van der Waals surface area contributed by atoms with Gasteiger partial charge in [0.25, 0.3) is 0 Å². The molecule has 1 rings (SSSR count). The molecule has 0 unspecified atom stereocenters. The zero-order valence-corrected chi connectivity index (χ0v) is 5.01. The van der Waals surface area contributed by atoms with Crippen LogP contribution >= 0.6 is 0 Å². The van der Waals surface area contributed by atoms with Gasteiger partial charge in [0, 0.05) is 12.8 Å². The van der Waals surface area contributed by atoms with E-state index in [4.69, 9.17) is 0 Å². The van der Waals surface area contributed by atoms with Gasteiger partial charge in [-0.1, -0.05) is 6.08 Å². The molecule has 0 saturated carbocycles. The number of nitrogens with zero attached hydrogens (tertiary/aromatic N) is 1. The molecule has 0 bridgehead atoms. The lowest BCUT2D eigenvalue weighted by atomic mass is 10.2. The standard InChI is InChI=1S/C7H11N/c1-2-4-6-8-7-5-3-1/h2,4,6H,1,3,5,7H2/b4-2-,8-6-. The zero-order chi connectivity index (χ0) is 5.66. The minimum atomic E-state index is 1.02. The molecule has 1 aliphatic heterocycles. The molecule has 1 heteroatoms. The van der Waals surface area contributed by atoms with E-state index in [-0.39, 0.29) is 0 Å². The number of aliphatic imine (C=N–C) groups is 1. The monoisotopic (exact) mass is 109 g/mol. The molecule has 1 nitrogen and oxygen atoms in total. The van der Waals surface area contributed by atoms with Crippen LogP contribution in [0.4, 0.5) is 0 Å². The molecular weight excluding hydrogens is 98.1 g/mol. The Morgan fingerprint density at radius 3 is 3.25 bits per heavy atom. The summed E-state index contributed by atoms with van der Waals surface area (Å²) in [6.45, 7) is 1.02. The molecule has 1 aliphatic rings. The maximum Gasteiger partial charge on any atom is 0.0389 e. The first-order valence-corrected chi connectivity index (χ1v) is 3.15. The second-order valence-electron chi connectivity index (χ2n) is 1.98. The SMILES string of the molecule is C1=C\CCCC\N=C/1. The summed E-state index contributed by atoms with van der Waals surface area (Å²) in [6, 6.07) is 0. The highest BCUT2D eigenvalue weighted by Gasteiger charge is 1.84. The molecular formula is C7H11N. The highest BCUT2D eigenvalue weighted by atomic mass is 14.7. The largest absolute Gasteiger partial charge is 0.293 e. The van der Waals surface area contributed by atoms with E-state index in [1.54, 1.807) is 0 Å². The molecule has 1 heterocycles. The van der Waals surface area contributed by atoms with E-state index in [9.17, 15) is 0 Å². The van der Waals surface area contributed by atoms with Crippen LogP contribution in [0.5, 0.6) is 0 Å². The van der Waals surface area contributed by atoms with Gasteiger partial charge in [0.15, 0.2) is 0 Å². The van der Waals surface area contributed by atoms with Crippen LogP contribution in [0.2, 0.25) is 0 Å². The Morgan fingerprint density at radius 2 is 2.25 bits per heavy atom. The highest BCUT2D eigenvalue weighted by Crippen LogP contribution is 1.98. The summed E-state index contributed by atoms with van der Waals surface area (Å²) < 4.78 is 0. The predicted molar refractivity (Wildman–Crippen MR) is 36.4 cm³/mol. The smallest absolute Gasteiger partial charge is 0.0389 e. The van der Waals surface area contributed by atoms with Crippen molar-refractivity contribution in [3.63, 3.8) is 0 Å². The van der Waals surface area contributed by atoms with E-state index < -0.39 is 0 Å². The van der Waals surface area contributed by atoms with Crippen LogP contribution in [-0.2, 0) is 0 Å². The predicted octanol–water partition coefficient (Wildman–Crippen LogP) is 1.80. The summed E-state index contributed by atoms with van der Waals surface area (Å²) in [5.41, 5.74) is 0. The van der Waals surface area contributed by atoms with Crippen LogP contribution in [0.15, 0.2) is 17.1 Å². The van der Waals surface area contributed by atoms with Crippen molar-refractivity contribution in [2.75, 3.05) is 6.54 Å². The van der Waals surface area contributed by atoms with Gasteiger partial charge in [-0.05, 0) is 25.3 Å².